The van der Waals surface area contributed by atoms with E-state index in [4.69, 9.17) is 4.74 Å². The highest BCUT2D eigenvalue weighted by molar-refractivity contribution is 6.24. The number of nitrogens with one attached hydrogen (secondary N) is 1. The van der Waals surface area contributed by atoms with E-state index >= 15 is 0 Å². The van der Waals surface area contributed by atoms with Crippen LogP contribution in [0.25, 0.3) is 10.8 Å². The molecule has 0 radical (unpaired) electrons. The number of methoxy groups -OCH3 is 1. The number of aromatic nitrogens is 1. The predicted octanol–water partition coefficient (Wildman–Crippen LogP) is 3.37. The minimum Gasteiger partial charge on any atom is -0.372 e. The summed E-state index contributed by atoms with van der Waals surface area (Å²) in [5, 5.41) is 3.84. The van der Waals surface area contributed by atoms with Gasteiger partial charge in [0.15, 0.2) is 0 Å². The van der Waals surface area contributed by atoms with Crippen molar-refractivity contribution < 1.29 is 19.1 Å². The maximum absolute atomic E-state index is 13.2. The van der Waals surface area contributed by atoms with Crippen LogP contribution in [0.1, 0.15) is 47.4 Å². The van der Waals surface area contributed by atoms with Crippen molar-refractivity contribution in [2.45, 2.75) is 31.9 Å². The number of carbonyl (C=O) groups is 3. The van der Waals surface area contributed by atoms with Crippen LogP contribution < -0.4 is 10.2 Å². The van der Waals surface area contributed by atoms with Gasteiger partial charge < -0.3 is 4.74 Å². The van der Waals surface area contributed by atoms with E-state index in [1.165, 1.54) is 0 Å². The Balaban J connectivity index is 1.73. The summed E-state index contributed by atoms with van der Waals surface area (Å²) in [7, 11) is 1.66. The summed E-state index contributed by atoms with van der Waals surface area (Å²) in [4.78, 5) is 41.6. The SMILES string of the molecule is COC(c1ccccc1)c1cnc2c3c(cccc13)C(=O)N2C(C)CCC(=O)NC=O. The first-order valence-corrected chi connectivity index (χ1v) is 10.1. The summed E-state index contributed by atoms with van der Waals surface area (Å²) < 4.78 is 5.81. The zero-order valence-corrected chi connectivity index (χ0v) is 17.4. The first-order valence-electron chi connectivity index (χ1n) is 10.1. The highest BCUT2D eigenvalue weighted by Gasteiger charge is 2.35. The summed E-state index contributed by atoms with van der Waals surface area (Å²) in [6, 6.07) is 15.3. The average Bonchev–Trinajstić information content (AvgIpc) is 3.08. The van der Waals surface area contributed by atoms with Gasteiger partial charge in [0.2, 0.25) is 12.3 Å². The second kappa shape index (κ2) is 8.65. The number of hydrogen-bond acceptors (Lipinski definition) is 5. The lowest BCUT2D eigenvalue weighted by Crippen LogP contribution is -2.37. The number of nitrogens with zero attached hydrogens (tertiary/aromatic N) is 2. The number of pyridine rings is 1. The second-order valence-corrected chi connectivity index (χ2v) is 7.54. The van der Waals surface area contributed by atoms with Crippen molar-refractivity contribution in [1.29, 1.82) is 0 Å². The molecule has 3 amide bonds. The Hall–Kier alpha value is -3.58. The first-order chi connectivity index (χ1) is 15.1. The van der Waals surface area contributed by atoms with Gasteiger partial charge in [-0.2, -0.15) is 0 Å². The van der Waals surface area contributed by atoms with Gasteiger partial charge in [0, 0.05) is 36.7 Å². The largest absolute Gasteiger partial charge is 0.372 e. The molecule has 1 aliphatic rings. The molecule has 2 atom stereocenters. The molecule has 4 rings (SSSR count). The van der Waals surface area contributed by atoms with E-state index in [1.807, 2.05) is 49.4 Å². The Morgan fingerprint density at radius 2 is 1.97 bits per heavy atom. The van der Waals surface area contributed by atoms with Crippen molar-refractivity contribution in [3.63, 3.8) is 0 Å². The highest BCUT2D eigenvalue weighted by atomic mass is 16.5. The van der Waals surface area contributed by atoms with Gasteiger partial charge in [-0.05, 0) is 30.4 Å². The number of ether oxygens (including phenoxy) is 1. The monoisotopic (exact) mass is 417 g/mol. The Kier molecular flexibility index (Phi) is 5.77. The third-order valence-corrected chi connectivity index (χ3v) is 5.67. The van der Waals surface area contributed by atoms with Gasteiger partial charge in [0.05, 0.1) is 5.56 Å². The lowest BCUT2D eigenvalue weighted by Gasteiger charge is -2.25. The van der Waals surface area contributed by atoms with Gasteiger partial charge in [0.1, 0.15) is 11.9 Å². The van der Waals surface area contributed by atoms with Crippen LogP contribution in [0.3, 0.4) is 0 Å². The molecular weight excluding hydrogens is 394 g/mol. The van der Waals surface area contributed by atoms with Gasteiger partial charge in [-0.15, -0.1) is 0 Å². The quantitative estimate of drug-likeness (QED) is 0.568. The fourth-order valence-electron chi connectivity index (χ4n) is 4.18. The third kappa shape index (κ3) is 3.68. The molecule has 0 fully saturated rings. The van der Waals surface area contributed by atoms with E-state index < -0.39 is 0 Å². The lowest BCUT2D eigenvalue weighted by molar-refractivity contribution is -0.125. The van der Waals surface area contributed by atoms with Crippen molar-refractivity contribution in [3.05, 3.63) is 71.4 Å². The molecule has 7 nitrogen and oxygen atoms in total. The van der Waals surface area contributed by atoms with Crippen molar-refractivity contribution in [2.75, 3.05) is 12.0 Å². The Labute approximate surface area is 180 Å². The van der Waals surface area contributed by atoms with Crippen molar-refractivity contribution in [3.8, 4) is 0 Å². The number of imide groups is 1. The number of carbonyl (C=O) groups excluding carboxylic acids is 3. The number of anilines is 1. The van der Waals surface area contributed by atoms with E-state index in [-0.39, 0.29) is 30.4 Å². The molecule has 7 heteroatoms. The summed E-state index contributed by atoms with van der Waals surface area (Å²) in [5.74, 6) is 0.0815. The van der Waals surface area contributed by atoms with Gasteiger partial charge in [0.25, 0.3) is 5.91 Å². The fraction of sp³-hybridized carbons (Fsp3) is 0.250. The van der Waals surface area contributed by atoms with Crippen LogP contribution in [0.15, 0.2) is 54.7 Å². The Morgan fingerprint density at radius 3 is 2.68 bits per heavy atom. The van der Waals surface area contributed by atoms with Crippen molar-refractivity contribution >= 4 is 34.8 Å². The standard InChI is InChI=1S/C24H23N3O4/c1-15(11-12-20(29)26-14-28)27-23-21-17(9-6-10-18(21)24(27)30)19(13-25-23)22(31-2)16-7-4-3-5-8-16/h3-10,13-15,22H,11-12H2,1-2H3,(H,26,28,29). The van der Waals surface area contributed by atoms with Crippen LogP contribution in [0.2, 0.25) is 0 Å². The topological polar surface area (TPSA) is 88.6 Å². The lowest BCUT2D eigenvalue weighted by atomic mass is 9.96. The molecule has 1 N–H and O–H groups in total. The molecule has 2 aromatic carbocycles. The van der Waals surface area contributed by atoms with Crippen LogP contribution >= 0.6 is 0 Å². The molecule has 3 aromatic rings. The zero-order valence-electron chi connectivity index (χ0n) is 17.4. The van der Waals surface area contributed by atoms with Crippen LogP contribution in [-0.4, -0.2) is 36.4 Å². The predicted molar refractivity (Wildman–Crippen MR) is 117 cm³/mol. The van der Waals surface area contributed by atoms with Crippen molar-refractivity contribution in [1.82, 2.24) is 10.3 Å². The van der Waals surface area contributed by atoms with E-state index in [9.17, 15) is 14.4 Å². The molecule has 31 heavy (non-hydrogen) atoms. The molecule has 2 heterocycles. The third-order valence-electron chi connectivity index (χ3n) is 5.67. The molecular formula is C24H23N3O4. The minimum absolute atomic E-state index is 0.137. The van der Waals surface area contributed by atoms with Gasteiger partial charge in [-0.25, -0.2) is 4.98 Å². The van der Waals surface area contributed by atoms with Crippen LogP contribution in [0, 0.1) is 0 Å². The molecule has 1 aliphatic heterocycles. The van der Waals surface area contributed by atoms with Gasteiger partial charge in [-0.1, -0.05) is 42.5 Å². The smallest absolute Gasteiger partial charge is 0.260 e. The highest BCUT2D eigenvalue weighted by Crippen LogP contribution is 2.41. The maximum Gasteiger partial charge on any atom is 0.260 e. The van der Waals surface area contributed by atoms with Gasteiger partial charge >= 0.3 is 0 Å². The number of rotatable bonds is 8. The number of hydrogen-bond donors (Lipinski definition) is 1. The molecule has 2 unspecified atom stereocenters. The minimum atomic E-state index is -0.370. The van der Waals surface area contributed by atoms with Crippen LogP contribution in [0.5, 0.6) is 0 Å². The number of amides is 3. The fourth-order valence-corrected chi connectivity index (χ4v) is 4.18. The zero-order chi connectivity index (χ0) is 22.0. The van der Waals surface area contributed by atoms with Crippen LogP contribution in [-0.2, 0) is 14.3 Å². The second-order valence-electron chi connectivity index (χ2n) is 7.54. The van der Waals surface area contributed by atoms with Crippen LogP contribution in [0.4, 0.5) is 5.82 Å². The van der Waals surface area contributed by atoms with E-state index in [2.05, 4.69) is 10.3 Å². The van der Waals surface area contributed by atoms with E-state index in [0.29, 0.717) is 24.2 Å². The summed E-state index contributed by atoms with van der Waals surface area (Å²) in [6.07, 6.45) is 2.37. The summed E-state index contributed by atoms with van der Waals surface area (Å²) >= 11 is 0. The molecule has 0 bridgehead atoms. The Bertz CT molecular complexity index is 1150. The first kappa shape index (κ1) is 20.7. The number of benzene rings is 2. The van der Waals surface area contributed by atoms with Crippen molar-refractivity contribution in [2.24, 2.45) is 0 Å². The molecule has 1 aromatic heterocycles. The summed E-state index contributed by atoms with van der Waals surface area (Å²) in [5.41, 5.74) is 2.49. The maximum atomic E-state index is 13.2. The molecule has 0 spiro atoms. The summed E-state index contributed by atoms with van der Waals surface area (Å²) in [6.45, 7) is 1.88. The van der Waals surface area contributed by atoms with Gasteiger partial charge in [-0.3, -0.25) is 24.6 Å². The molecule has 158 valence electrons. The van der Waals surface area contributed by atoms with E-state index in [1.54, 1.807) is 24.3 Å². The molecule has 0 saturated carbocycles. The molecule has 0 saturated heterocycles. The normalized spacial score (nSPS) is 14.5. The average molecular weight is 417 g/mol. The van der Waals surface area contributed by atoms with E-state index in [0.717, 1.165) is 21.9 Å². The molecule has 0 aliphatic carbocycles. The Morgan fingerprint density at radius 1 is 1.19 bits per heavy atom.